The standard InChI is InChI=1S/C24H23ClO5/c1-3-28-23-13-19(14-26)11-20(25)24(23)30-16-18-9-10-21(22(12-18)27-2)29-15-17-7-5-4-6-8-17/h4-14H,3,15-16H2,1-2H3. The minimum absolute atomic E-state index is 0.246. The fourth-order valence-corrected chi connectivity index (χ4v) is 3.14. The van der Waals surface area contributed by atoms with E-state index in [0.717, 1.165) is 17.4 Å². The third kappa shape index (κ3) is 5.45. The van der Waals surface area contributed by atoms with Crippen molar-refractivity contribution in [2.75, 3.05) is 13.7 Å². The number of ether oxygens (including phenoxy) is 4. The highest BCUT2D eigenvalue weighted by Crippen LogP contribution is 2.37. The number of benzene rings is 3. The average Bonchev–Trinajstić information content (AvgIpc) is 2.78. The van der Waals surface area contributed by atoms with Crippen LogP contribution >= 0.6 is 11.6 Å². The quantitative estimate of drug-likeness (QED) is 0.388. The summed E-state index contributed by atoms with van der Waals surface area (Å²) in [5.74, 6) is 2.09. The average molecular weight is 427 g/mol. The van der Waals surface area contributed by atoms with Gasteiger partial charge in [-0.2, -0.15) is 0 Å². The number of aldehydes is 1. The van der Waals surface area contributed by atoms with Crippen molar-refractivity contribution in [3.8, 4) is 23.0 Å². The van der Waals surface area contributed by atoms with Crippen LogP contribution in [-0.2, 0) is 13.2 Å². The SMILES string of the molecule is CCOc1cc(C=O)cc(Cl)c1OCc1ccc(OCc2ccccc2)c(OC)c1. The smallest absolute Gasteiger partial charge is 0.180 e. The highest BCUT2D eigenvalue weighted by atomic mass is 35.5. The molecule has 156 valence electrons. The Balaban J connectivity index is 1.72. The first kappa shape index (κ1) is 21.5. The number of carbonyl (C=O) groups excluding carboxylic acids is 1. The van der Waals surface area contributed by atoms with Crippen LogP contribution in [0.15, 0.2) is 60.7 Å². The molecule has 3 rings (SSSR count). The van der Waals surface area contributed by atoms with E-state index in [9.17, 15) is 4.79 Å². The molecule has 0 radical (unpaired) electrons. The largest absolute Gasteiger partial charge is 0.493 e. The molecule has 30 heavy (non-hydrogen) atoms. The minimum Gasteiger partial charge on any atom is -0.493 e. The van der Waals surface area contributed by atoms with Gasteiger partial charge in [0.1, 0.15) is 19.5 Å². The summed E-state index contributed by atoms with van der Waals surface area (Å²) in [4.78, 5) is 11.1. The van der Waals surface area contributed by atoms with E-state index in [0.29, 0.717) is 46.8 Å². The normalized spacial score (nSPS) is 10.4. The molecule has 0 unspecified atom stereocenters. The van der Waals surface area contributed by atoms with Crippen molar-refractivity contribution in [2.24, 2.45) is 0 Å². The van der Waals surface area contributed by atoms with Crippen LogP contribution in [0.25, 0.3) is 0 Å². The van der Waals surface area contributed by atoms with Gasteiger partial charge in [0.2, 0.25) is 0 Å². The maximum absolute atomic E-state index is 11.1. The Morgan fingerprint density at radius 2 is 1.60 bits per heavy atom. The van der Waals surface area contributed by atoms with Gasteiger partial charge in [-0.1, -0.05) is 48.0 Å². The Morgan fingerprint density at radius 1 is 0.833 bits per heavy atom. The molecule has 0 aliphatic carbocycles. The zero-order valence-corrected chi connectivity index (χ0v) is 17.6. The van der Waals surface area contributed by atoms with E-state index in [1.807, 2.05) is 55.5 Å². The second-order valence-corrected chi connectivity index (χ2v) is 6.84. The molecule has 0 aromatic heterocycles. The molecule has 3 aromatic carbocycles. The second-order valence-electron chi connectivity index (χ2n) is 6.43. The van der Waals surface area contributed by atoms with Crippen molar-refractivity contribution in [3.05, 3.63) is 82.4 Å². The van der Waals surface area contributed by atoms with Crippen molar-refractivity contribution < 1.29 is 23.7 Å². The lowest BCUT2D eigenvalue weighted by molar-refractivity contribution is 0.112. The van der Waals surface area contributed by atoms with E-state index >= 15 is 0 Å². The summed E-state index contributed by atoms with van der Waals surface area (Å²) in [6, 6.07) is 18.7. The predicted octanol–water partition coefficient (Wildman–Crippen LogP) is 5.72. The van der Waals surface area contributed by atoms with Crippen LogP contribution in [0.5, 0.6) is 23.0 Å². The van der Waals surface area contributed by atoms with Crippen LogP contribution in [-0.4, -0.2) is 20.0 Å². The third-order valence-electron chi connectivity index (χ3n) is 4.32. The molecule has 3 aromatic rings. The van der Waals surface area contributed by atoms with Crippen molar-refractivity contribution >= 4 is 17.9 Å². The van der Waals surface area contributed by atoms with Crippen molar-refractivity contribution in [1.82, 2.24) is 0 Å². The van der Waals surface area contributed by atoms with Crippen LogP contribution in [0.3, 0.4) is 0 Å². The molecule has 0 bridgehead atoms. The molecule has 5 nitrogen and oxygen atoms in total. The predicted molar refractivity (Wildman–Crippen MR) is 116 cm³/mol. The Labute approximate surface area is 181 Å². The summed E-state index contributed by atoms with van der Waals surface area (Å²) in [5.41, 5.74) is 2.37. The van der Waals surface area contributed by atoms with Crippen molar-refractivity contribution in [2.45, 2.75) is 20.1 Å². The van der Waals surface area contributed by atoms with E-state index in [-0.39, 0.29) is 6.61 Å². The molecule has 0 fully saturated rings. The van der Waals surface area contributed by atoms with Gasteiger partial charge in [-0.25, -0.2) is 0 Å². The van der Waals surface area contributed by atoms with Crippen molar-refractivity contribution in [1.29, 1.82) is 0 Å². The van der Waals surface area contributed by atoms with Crippen LogP contribution in [0, 0.1) is 0 Å². The molecule has 0 aliphatic heterocycles. The number of rotatable bonds is 10. The van der Waals surface area contributed by atoms with Gasteiger partial charge in [-0.3, -0.25) is 4.79 Å². The highest BCUT2D eigenvalue weighted by molar-refractivity contribution is 6.32. The van der Waals surface area contributed by atoms with Crippen LogP contribution < -0.4 is 18.9 Å². The van der Waals surface area contributed by atoms with Gasteiger partial charge in [0.05, 0.1) is 18.7 Å². The Bertz CT molecular complexity index is 988. The fraction of sp³-hybridized carbons (Fsp3) is 0.208. The molecular formula is C24H23ClO5. The molecule has 0 amide bonds. The van der Waals surface area contributed by atoms with Crippen LogP contribution in [0.1, 0.15) is 28.4 Å². The first-order valence-electron chi connectivity index (χ1n) is 9.52. The van der Waals surface area contributed by atoms with E-state index < -0.39 is 0 Å². The zero-order valence-electron chi connectivity index (χ0n) is 16.9. The molecule has 0 spiro atoms. The Morgan fingerprint density at radius 3 is 2.30 bits per heavy atom. The molecule has 0 aliphatic rings. The molecule has 0 saturated carbocycles. The number of carbonyl (C=O) groups is 1. The number of halogens is 1. The lowest BCUT2D eigenvalue weighted by atomic mass is 10.2. The van der Waals surface area contributed by atoms with Crippen molar-refractivity contribution in [3.63, 3.8) is 0 Å². The fourth-order valence-electron chi connectivity index (χ4n) is 2.87. The van der Waals surface area contributed by atoms with Gasteiger partial charge in [0.15, 0.2) is 23.0 Å². The van der Waals surface area contributed by atoms with Gasteiger partial charge in [-0.05, 0) is 42.3 Å². The van der Waals surface area contributed by atoms with Gasteiger partial charge >= 0.3 is 0 Å². The zero-order chi connectivity index (χ0) is 21.3. The Hall–Kier alpha value is -3.18. The third-order valence-corrected chi connectivity index (χ3v) is 4.60. The summed E-state index contributed by atoms with van der Waals surface area (Å²) >= 11 is 6.29. The Kier molecular flexibility index (Phi) is 7.57. The summed E-state index contributed by atoms with van der Waals surface area (Å²) in [7, 11) is 1.59. The lowest BCUT2D eigenvalue weighted by Crippen LogP contribution is -2.02. The van der Waals surface area contributed by atoms with E-state index in [2.05, 4.69) is 0 Å². The summed E-state index contributed by atoms with van der Waals surface area (Å²) < 4.78 is 22.8. The highest BCUT2D eigenvalue weighted by Gasteiger charge is 2.14. The topological polar surface area (TPSA) is 54.0 Å². The summed E-state index contributed by atoms with van der Waals surface area (Å²) in [6.07, 6.45) is 0.719. The number of hydrogen-bond donors (Lipinski definition) is 0. The van der Waals surface area contributed by atoms with Crippen LogP contribution in [0.2, 0.25) is 5.02 Å². The number of hydrogen-bond acceptors (Lipinski definition) is 5. The van der Waals surface area contributed by atoms with E-state index in [4.69, 9.17) is 30.5 Å². The maximum Gasteiger partial charge on any atom is 0.180 e. The first-order valence-corrected chi connectivity index (χ1v) is 9.90. The molecule has 6 heteroatoms. The first-order chi connectivity index (χ1) is 14.6. The number of methoxy groups -OCH3 is 1. The molecule has 0 N–H and O–H groups in total. The van der Waals surface area contributed by atoms with Gasteiger partial charge in [-0.15, -0.1) is 0 Å². The maximum atomic E-state index is 11.1. The summed E-state index contributed by atoms with van der Waals surface area (Å²) in [6.45, 7) is 2.97. The monoisotopic (exact) mass is 426 g/mol. The molecule has 0 saturated heterocycles. The second kappa shape index (κ2) is 10.6. The molecular weight excluding hydrogens is 404 g/mol. The lowest BCUT2D eigenvalue weighted by Gasteiger charge is -2.15. The minimum atomic E-state index is 0.246. The summed E-state index contributed by atoms with van der Waals surface area (Å²) in [5, 5.41) is 0.317. The molecule has 0 heterocycles. The van der Waals surface area contributed by atoms with E-state index in [1.54, 1.807) is 19.2 Å². The van der Waals surface area contributed by atoms with Gasteiger partial charge in [0.25, 0.3) is 0 Å². The van der Waals surface area contributed by atoms with Crippen LogP contribution in [0.4, 0.5) is 0 Å². The van der Waals surface area contributed by atoms with Gasteiger partial charge in [0, 0.05) is 5.56 Å². The molecule has 0 atom stereocenters. The van der Waals surface area contributed by atoms with Gasteiger partial charge < -0.3 is 18.9 Å². The van der Waals surface area contributed by atoms with E-state index in [1.165, 1.54) is 0 Å².